The predicted molar refractivity (Wildman–Crippen MR) is 68.8 cm³/mol. The van der Waals surface area contributed by atoms with Gasteiger partial charge in [0.05, 0.1) is 4.92 Å². The quantitative estimate of drug-likeness (QED) is 0.348. The van der Waals surface area contributed by atoms with Gasteiger partial charge in [-0.05, 0) is 12.7 Å². The van der Waals surface area contributed by atoms with Gasteiger partial charge in [-0.15, -0.1) is 0 Å². The van der Waals surface area contributed by atoms with Crippen LogP contribution in [0, 0.1) is 10.1 Å². The van der Waals surface area contributed by atoms with E-state index in [1.807, 2.05) is 13.2 Å². The van der Waals surface area contributed by atoms with Crippen molar-refractivity contribution in [2.75, 3.05) is 30.5 Å². The Labute approximate surface area is 104 Å². The van der Waals surface area contributed by atoms with Crippen LogP contribution >= 0.6 is 11.8 Å². The van der Waals surface area contributed by atoms with Gasteiger partial charge in [0.25, 0.3) is 0 Å². The number of anilines is 2. The van der Waals surface area contributed by atoms with Crippen molar-refractivity contribution < 1.29 is 4.92 Å². The smallest absolute Gasteiger partial charge is 0.353 e. The maximum absolute atomic E-state index is 11.0. The Morgan fingerprint density at radius 2 is 2.06 bits per heavy atom. The number of aromatic nitrogens is 2. The molecule has 0 unspecified atom stereocenters. The second kappa shape index (κ2) is 6.24. The third-order valence-electron chi connectivity index (χ3n) is 2.01. The lowest BCUT2D eigenvalue weighted by Gasteiger charge is -2.09. The number of nitrogens with zero attached hydrogens (tertiary/aromatic N) is 3. The lowest BCUT2D eigenvalue weighted by molar-refractivity contribution is -0.383. The Balaban J connectivity index is 3.25. The lowest BCUT2D eigenvalue weighted by Crippen LogP contribution is -2.10. The number of hydrogen-bond acceptors (Lipinski definition) is 7. The Bertz CT molecular complexity index is 413. The second-order valence-electron chi connectivity index (χ2n) is 3.19. The first kappa shape index (κ1) is 13.5. The minimum absolute atomic E-state index is 0.112. The minimum Gasteiger partial charge on any atom is -0.367 e. The van der Waals surface area contributed by atoms with Gasteiger partial charge in [-0.1, -0.05) is 18.7 Å². The molecule has 0 aliphatic rings. The molecule has 1 aromatic heterocycles. The molecule has 0 saturated heterocycles. The monoisotopic (exact) mass is 257 g/mol. The summed E-state index contributed by atoms with van der Waals surface area (Å²) in [6, 6.07) is 0. The first-order valence-electron chi connectivity index (χ1n) is 5.16. The average molecular weight is 257 g/mol. The van der Waals surface area contributed by atoms with Crippen LogP contribution < -0.4 is 10.6 Å². The van der Waals surface area contributed by atoms with Crippen LogP contribution in [-0.4, -0.2) is 34.7 Å². The summed E-state index contributed by atoms with van der Waals surface area (Å²) in [6.45, 7) is 2.61. The number of nitro groups is 1. The fraction of sp³-hybridized carbons (Fsp3) is 0.556. The van der Waals surface area contributed by atoms with Gasteiger partial charge in [-0.3, -0.25) is 10.1 Å². The van der Waals surface area contributed by atoms with E-state index in [1.165, 1.54) is 11.8 Å². The van der Waals surface area contributed by atoms with Crippen molar-refractivity contribution in [1.29, 1.82) is 0 Å². The highest BCUT2D eigenvalue weighted by molar-refractivity contribution is 7.98. The fourth-order valence-corrected chi connectivity index (χ4v) is 1.60. The molecular formula is C9H15N5O2S. The van der Waals surface area contributed by atoms with Crippen molar-refractivity contribution in [3.05, 3.63) is 10.1 Å². The number of hydrogen-bond donors (Lipinski definition) is 2. The molecular weight excluding hydrogens is 242 g/mol. The molecule has 1 rings (SSSR count). The fourth-order valence-electron chi connectivity index (χ4n) is 1.24. The summed E-state index contributed by atoms with van der Waals surface area (Å²) in [5.41, 5.74) is -0.112. The molecule has 17 heavy (non-hydrogen) atoms. The van der Waals surface area contributed by atoms with Crippen LogP contribution in [0.25, 0.3) is 0 Å². The van der Waals surface area contributed by atoms with Crippen molar-refractivity contribution in [3.8, 4) is 0 Å². The Kier molecular flexibility index (Phi) is 4.95. The van der Waals surface area contributed by atoms with E-state index in [0.717, 1.165) is 6.42 Å². The summed E-state index contributed by atoms with van der Waals surface area (Å²) >= 11 is 1.34. The molecule has 94 valence electrons. The normalized spacial score (nSPS) is 10.1. The van der Waals surface area contributed by atoms with E-state index in [9.17, 15) is 10.1 Å². The van der Waals surface area contributed by atoms with Gasteiger partial charge in [0, 0.05) is 13.6 Å². The van der Waals surface area contributed by atoms with Crippen LogP contribution in [0.5, 0.6) is 0 Å². The summed E-state index contributed by atoms with van der Waals surface area (Å²) in [6.07, 6.45) is 2.69. The van der Waals surface area contributed by atoms with Gasteiger partial charge in [0.1, 0.15) is 0 Å². The molecule has 2 N–H and O–H groups in total. The highest BCUT2D eigenvalue weighted by atomic mass is 32.2. The molecule has 7 nitrogen and oxygen atoms in total. The molecule has 0 aliphatic heterocycles. The number of rotatable bonds is 6. The molecule has 1 heterocycles. The number of nitrogens with one attached hydrogen (secondary N) is 2. The molecule has 0 atom stereocenters. The SMILES string of the molecule is CCCNc1nc(SC)nc(NC)c1[N+](=O)[O-]. The van der Waals surface area contributed by atoms with Crippen LogP contribution in [-0.2, 0) is 0 Å². The molecule has 0 aromatic carbocycles. The standard InChI is InChI=1S/C9H15N5O2S/c1-4-5-11-8-6(14(15)16)7(10-2)12-9(13-8)17-3/h4-5H2,1-3H3,(H2,10,11,12,13). The first-order valence-corrected chi connectivity index (χ1v) is 6.38. The predicted octanol–water partition coefficient (Wildman–Crippen LogP) is 1.97. The van der Waals surface area contributed by atoms with Crippen molar-refractivity contribution in [3.63, 3.8) is 0 Å². The molecule has 0 saturated carbocycles. The van der Waals surface area contributed by atoms with E-state index in [0.29, 0.717) is 11.7 Å². The largest absolute Gasteiger partial charge is 0.367 e. The van der Waals surface area contributed by atoms with Crippen LogP contribution in [0.3, 0.4) is 0 Å². The summed E-state index contributed by atoms with van der Waals surface area (Å²) in [5.74, 6) is 0.494. The third kappa shape index (κ3) is 3.19. The summed E-state index contributed by atoms with van der Waals surface area (Å²) in [5, 5.41) is 17.2. The van der Waals surface area contributed by atoms with Crippen LogP contribution in [0.2, 0.25) is 0 Å². The zero-order valence-corrected chi connectivity index (χ0v) is 10.8. The molecule has 0 spiro atoms. The lowest BCUT2D eigenvalue weighted by atomic mass is 10.4. The van der Waals surface area contributed by atoms with E-state index in [4.69, 9.17) is 0 Å². The van der Waals surface area contributed by atoms with Crippen molar-refractivity contribution >= 4 is 29.1 Å². The van der Waals surface area contributed by atoms with Crippen LogP contribution in [0.15, 0.2) is 5.16 Å². The Morgan fingerprint density at radius 1 is 1.41 bits per heavy atom. The van der Waals surface area contributed by atoms with Gasteiger partial charge >= 0.3 is 5.69 Å². The molecule has 0 amide bonds. The average Bonchev–Trinajstić information content (AvgIpc) is 2.34. The van der Waals surface area contributed by atoms with E-state index in [1.54, 1.807) is 7.05 Å². The Morgan fingerprint density at radius 3 is 2.53 bits per heavy atom. The van der Waals surface area contributed by atoms with Crippen molar-refractivity contribution in [2.45, 2.75) is 18.5 Å². The van der Waals surface area contributed by atoms with E-state index in [-0.39, 0.29) is 17.3 Å². The van der Waals surface area contributed by atoms with Gasteiger partial charge in [-0.2, -0.15) is 9.97 Å². The number of thioether (sulfide) groups is 1. The zero-order chi connectivity index (χ0) is 12.8. The van der Waals surface area contributed by atoms with Gasteiger partial charge < -0.3 is 10.6 Å². The first-order chi connectivity index (χ1) is 8.13. The molecule has 0 bridgehead atoms. The molecule has 1 aromatic rings. The van der Waals surface area contributed by atoms with E-state index in [2.05, 4.69) is 20.6 Å². The van der Waals surface area contributed by atoms with Gasteiger partial charge in [0.2, 0.25) is 11.6 Å². The molecule has 0 aliphatic carbocycles. The highest BCUT2D eigenvalue weighted by Crippen LogP contribution is 2.31. The minimum atomic E-state index is -0.478. The summed E-state index contributed by atoms with van der Waals surface area (Å²) in [4.78, 5) is 18.7. The third-order valence-corrected chi connectivity index (χ3v) is 2.56. The zero-order valence-electron chi connectivity index (χ0n) is 9.98. The molecule has 8 heteroatoms. The molecule has 0 radical (unpaired) electrons. The van der Waals surface area contributed by atoms with Gasteiger partial charge in [0.15, 0.2) is 5.16 Å². The van der Waals surface area contributed by atoms with Crippen LogP contribution in [0.4, 0.5) is 17.3 Å². The summed E-state index contributed by atoms with van der Waals surface area (Å²) < 4.78 is 0. The highest BCUT2D eigenvalue weighted by Gasteiger charge is 2.23. The van der Waals surface area contributed by atoms with E-state index >= 15 is 0 Å². The Hall–Kier alpha value is -1.57. The maximum atomic E-state index is 11.0. The topological polar surface area (TPSA) is 93.0 Å². The van der Waals surface area contributed by atoms with Crippen molar-refractivity contribution in [1.82, 2.24) is 9.97 Å². The summed E-state index contributed by atoms with van der Waals surface area (Å²) in [7, 11) is 1.60. The second-order valence-corrected chi connectivity index (χ2v) is 3.96. The van der Waals surface area contributed by atoms with Crippen molar-refractivity contribution in [2.24, 2.45) is 0 Å². The van der Waals surface area contributed by atoms with E-state index < -0.39 is 4.92 Å². The molecule has 0 fully saturated rings. The maximum Gasteiger partial charge on any atom is 0.353 e. The van der Waals surface area contributed by atoms with Gasteiger partial charge in [-0.25, -0.2) is 0 Å². The van der Waals surface area contributed by atoms with Crippen LogP contribution in [0.1, 0.15) is 13.3 Å².